The lowest BCUT2D eigenvalue weighted by Gasteiger charge is -2.36. The SMILES string of the molecule is Cc1ccc(N=Nc2ccc(N=C[C@@H]3C(=O)NC(=O)N([C@H]4C[C@H]5CC[C@H]4C5)C3=O)cc2)cc1. The maximum atomic E-state index is 13.1. The van der Waals surface area contributed by atoms with Crippen LogP contribution in [-0.2, 0) is 9.59 Å². The molecular weight excluding hydrogens is 418 g/mol. The highest BCUT2D eigenvalue weighted by Gasteiger charge is 2.50. The average molecular weight is 444 g/mol. The van der Waals surface area contributed by atoms with E-state index in [0.29, 0.717) is 23.2 Å². The lowest BCUT2D eigenvalue weighted by molar-refractivity contribution is -0.141. The van der Waals surface area contributed by atoms with Gasteiger partial charge in [0.25, 0.3) is 0 Å². The van der Waals surface area contributed by atoms with Crippen LogP contribution in [0.5, 0.6) is 0 Å². The zero-order chi connectivity index (χ0) is 22.9. The van der Waals surface area contributed by atoms with Gasteiger partial charge in [-0.05, 0) is 74.4 Å². The van der Waals surface area contributed by atoms with Crippen LogP contribution >= 0.6 is 0 Å². The molecule has 2 aromatic rings. The maximum Gasteiger partial charge on any atom is 0.331 e. The van der Waals surface area contributed by atoms with E-state index in [2.05, 4.69) is 20.5 Å². The van der Waals surface area contributed by atoms with Gasteiger partial charge in [-0.2, -0.15) is 10.2 Å². The first-order valence-electron chi connectivity index (χ1n) is 11.3. The average Bonchev–Trinajstić information content (AvgIpc) is 3.43. The van der Waals surface area contributed by atoms with Crippen LogP contribution in [0.2, 0.25) is 0 Å². The number of azo groups is 1. The number of urea groups is 1. The zero-order valence-electron chi connectivity index (χ0n) is 18.3. The van der Waals surface area contributed by atoms with Crippen molar-refractivity contribution in [1.82, 2.24) is 10.2 Å². The van der Waals surface area contributed by atoms with Crippen molar-refractivity contribution in [2.45, 2.75) is 38.6 Å². The van der Waals surface area contributed by atoms with Gasteiger partial charge in [-0.1, -0.05) is 24.1 Å². The number of rotatable bonds is 5. The first-order valence-corrected chi connectivity index (χ1v) is 11.3. The number of barbiturate groups is 1. The van der Waals surface area contributed by atoms with Crippen molar-refractivity contribution in [1.29, 1.82) is 0 Å². The first-order chi connectivity index (χ1) is 16.0. The number of aryl methyl sites for hydroxylation is 1. The standard InChI is InChI=1S/C25H25N5O3/c1-15-2-6-19(7-3-15)28-29-20-10-8-18(9-11-20)26-14-21-23(31)27-25(33)30(24(21)32)22-13-16-4-5-17(22)12-16/h2-3,6-11,14,16-17,21-22H,4-5,12-13H2,1H3,(H,27,31,33)/t16-,17-,21+,22-/m0/s1. The lowest BCUT2D eigenvalue weighted by Crippen LogP contribution is -2.62. The molecular formula is C25H25N5O3. The maximum absolute atomic E-state index is 13.1. The highest BCUT2D eigenvalue weighted by atomic mass is 16.2. The summed E-state index contributed by atoms with van der Waals surface area (Å²) in [6.07, 6.45) is 5.41. The van der Waals surface area contributed by atoms with Crippen LogP contribution in [0.1, 0.15) is 31.2 Å². The van der Waals surface area contributed by atoms with E-state index in [0.717, 1.165) is 36.9 Å². The number of hydrogen-bond donors (Lipinski definition) is 1. The van der Waals surface area contributed by atoms with E-state index in [1.54, 1.807) is 24.3 Å². The summed E-state index contributed by atoms with van der Waals surface area (Å²) in [5.41, 5.74) is 3.16. The van der Waals surface area contributed by atoms with Gasteiger partial charge in [-0.15, -0.1) is 0 Å². The third kappa shape index (κ3) is 4.33. The van der Waals surface area contributed by atoms with Crippen molar-refractivity contribution in [2.75, 3.05) is 0 Å². The fraction of sp³-hybridized carbons (Fsp3) is 0.360. The van der Waals surface area contributed by atoms with Gasteiger partial charge in [-0.3, -0.25) is 24.8 Å². The molecule has 2 aromatic carbocycles. The molecule has 5 rings (SSSR count). The number of carbonyl (C=O) groups is 3. The minimum absolute atomic E-state index is 0.113. The molecule has 8 heteroatoms. The summed E-state index contributed by atoms with van der Waals surface area (Å²) in [6.45, 7) is 2.01. The van der Waals surface area contributed by atoms with Crippen molar-refractivity contribution in [3.8, 4) is 0 Å². The van der Waals surface area contributed by atoms with E-state index in [-0.39, 0.29) is 6.04 Å². The summed E-state index contributed by atoms with van der Waals surface area (Å²) in [6, 6.07) is 14.0. The molecule has 0 spiro atoms. The number of amides is 4. The van der Waals surface area contributed by atoms with Crippen molar-refractivity contribution in [3.63, 3.8) is 0 Å². The third-order valence-electron chi connectivity index (χ3n) is 6.80. The zero-order valence-corrected chi connectivity index (χ0v) is 18.3. The number of fused-ring (bicyclic) bond motifs is 2. The molecule has 1 aliphatic heterocycles. The smallest absolute Gasteiger partial charge is 0.277 e. The van der Waals surface area contributed by atoms with E-state index >= 15 is 0 Å². The number of imide groups is 2. The number of carbonyl (C=O) groups excluding carboxylic acids is 3. The number of aliphatic imine (C=N–C) groups is 1. The minimum atomic E-state index is -1.11. The van der Waals surface area contributed by atoms with Crippen molar-refractivity contribution in [2.24, 2.45) is 33.0 Å². The van der Waals surface area contributed by atoms with Crippen LogP contribution < -0.4 is 5.32 Å². The van der Waals surface area contributed by atoms with Crippen molar-refractivity contribution < 1.29 is 14.4 Å². The summed E-state index contributed by atoms with van der Waals surface area (Å²) >= 11 is 0. The van der Waals surface area contributed by atoms with E-state index in [4.69, 9.17) is 0 Å². The Morgan fingerprint density at radius 2 is 1.52 bits per heavy atom. The molecule has 1 N–H and O–H groups in total. The lowest BCUT2D eigenvalue weighted by atomic mass is 9.92. The normalized spacial score (nSPS) is 27.2. The Bertz CT molecular complexity index is 1140. The molecule has 4 atom stereocenters. The fourth-order valence-corrected chi connectivity index (χ4v) is 5.07. The number of benzene rings is 2. The summed E-state index contributed by atoms with van der Waals surface area (Å²) < 4.78 is 0. The highest BCUT2D eigenvalue weighted by molar-refractivity contribution is 6.23. The second kappa shape index (κ2) is 8.69. The number of nitrogens with zero attached hydrogens (tertiary/aromatic N) is 4. The first kappa shape index (κ1) is 21.2. The van der Waals surface area contributed by atoms with Crippen LogP contribution in [0.4, 0.5) is 21.9 Å². The molecule has 8 nitrogen and oxygen atoms in total. The second-order valence-corrected chi connectivity index (χ2v) is 9.05. The molecule has 2 bridgehead atoms. The van der Waals surface area contributed by atoms with Crippen LogP contribution in [0, 0.1) is 24.7 Å². The Labute approximate surface area is 191 Å². The summed E-state index contributed by atoms with van der Waals surface area (Å²) in [4.78, 5) is 43.4. The van der Waals surface area contributed by atoms with Gasteiger partial charge in [0.1, 0.15) is 0 Å². The Kier molecular flexibility index (Phi) is 5.58. The molecule has 1 heterocycles. The van der Waals surface area contributed by atoms with Crippen LogP contribution in [0.25, 0.3) is 0 Å². The molecule has 33 heavy (non-hydrogen) atoms. The Hall–Kier alpha value is -3.68. The van der Waals surface area contributed by atoms with Gasteiger partial charge in [0, 0.05) is 12.3 Å². The van der Waals surface area contributed by atoms with E-state index in [1.807, 2.05) is 31.2 Å². The molecule has 168 valence electrons. The van der Waals surface area contributed by atoms with Gasteiger partial charge < -0.3 is 0 Å². The summed E-state index contributed by atoms with van der Waals surface area (Å²) in [5, 5.41) is 10.8. The monoisotopic (exact) mass is 443 g/mol. The molecule has 1 saturated heterocycles. The molecule has 2 aliphatic carbocycles. The molecule has 0 radical (unpaired) electrons. The Balaban J connectivity index is 1.26. The van der Waals surface area contributed by atoms with Crippen LogP contribution in [0.3, 0.4) is 0 Å². The molecule has 4 amide bonds. The number of nitrogens with one attached hydrogen (secondary N) is 1. The Morgan fingerprint density at radius 1 is 0.879 bits per heavy atom. The summed E-state index contributed by atoms with van der Waals surface area (Å²) in [5.74, 6) is -1.29. The molecule has 0 unspecified atom stereocenters. The van der Waals surface area contributed by atoms with E-state index in [9.17, 15) is 14.4 Å². The van der Waals surface area contributed by atoms with Gasteiger partial charge >= 0.3 is 6.03 Å². The van der Waals surface area contributed by atoms with Crippen molar-refractivity contribution >= 4 is 41.1 Å². The quantitative estimate of drug-likeness (QED) is 0.400. The van der Waals surface area contributed by atoms with Crippen LogP contribution in [-0.4, -0.2) is 35.0 Å². The third-order valence-corrected chi connectivity index (χ3v) is 6.80. The van der Waals surface area contributed by atoms with Gasteiger partial charge in [0.05, 0.1) is 17.1 Å². The molecule has 2 saturated carbocycles. The minimum Gasteiger partial charge on any atom is -0.277 e. The predicted molar refractivity (Wildman–Crippen MR) is 123 cm³/mol. The summed E-state index contributed by atoms with van der Waals surface area (Å²) in [7, 11) is 0. The van der Waals surface area contributed by atoms with Crippen molar-refractivity contribution in [3.05, 3.63) is 54.1 Å². The van der Waals surface area contributed by atoms with Gasteiger partial charge in [0.2, 0.25) is 11.8 Å². The fourth-order valence-electron chi connectivity index (χ4n) is 5.07. The molecule has 3 aliphatic rings. The molecule has 0 aromatic heterocycles. The van der Waals surface area contributed by atoms with Gasteiger partial charge in [-0.25, -0.2) is 4.79 Å². The number of hydrogen-bond acceptors (Lipinski definition) is 6. The second-order valence-electron chi connectivity index (χ2n) is 9.05. The largest absolute Gasteiger partial charge is 0.331 e. The highest BCUT2D eigenvalue weighted by Crippen LogP contribution is 2.47. The predicted octanol–water partition coefficient (Wildman–Crippen LogP) is 5.00. The van der Waals surface area contributed by atoms with E-state index in [1.165, 1.54) is 11.1 Å². The topological polar surface area (TPSA) is 104 Å². The van der Waals surface area contributed by atoms with Gasteiger partial charge in [0.15, 0.2) is 5.92 Å². The van der Waals surface area contributed by atoms with E-state index < -0.39 is 23.8 Å². The van der Waals surface area contributed by atoms with Crippen LogP contribution in [0.15, 0.2) is 63.8 Å². The molecule has 3 fully saturated rings. The Morgan fingerprint density at radius 3 is 2.12 bits per heavy atom.